The van der Waals surface area contributed by atoms with Gasteiger partial charge in [0, 0.05) is 44.4 Å². The minimum Gasteiger partial charge on any atom is -0.369 e. The smallest absolute Gasteiger partial charge is 0.330 e. The molecule has 1 unspecified atom stereocenters. The van der Waals surface area contributed by atoms with Crippen molar-refractivity contribution in [2.75, 3.05) is 25.0 Å². The van der Waals surface area contributed by atoms with Crippen molar-refractivity contribution in [3.8, 4) is 0 Å². The molecule has 0 bridgehead atoms. The van der Waals surface area contributed by atoms with Gasteiger partial charge in [0.1, 0.15) is 5.69 Å². The summed E-state index contributed by atoms with van der Waals surface area (Å²) in [5.74, 6) is -0.164. The lowest BCUT2D eigenvalue weighted by Crippen LogP contribution is -2.40. The zero-order valence-corrected chi connectivity index (χ0v) is 13.9. The molecule has 7 heteroatoms. The first-order valence-corrected chi connectivity index (χ1v) is 8.26. The first kappa shape index (κ1) is 15.4. The summed E-state index contributed by atoms with van der Waals surface area (Å²) < 4.78 is 1.48. The van der Waals surface area contributed by atoms with Gasteiger partial charge in [0.25, 0.3) is 5.91 Å². The van der Waals surface area contributed by atoms with E-state index in [-0.39, 0.29) is 17.6 Å². The van der Waals surface area contributed by atoms with Gasteiger partial charge in [0.2, 0.25) is 0 Å². The summed E-state index contributed by atoms with van der Waals surface area (Å²) >= 11 is 0. The van der Waals surface area contributed by atoms with Gasteiger partial charge in [-0.3, -0.25) is 14.2 Å². The van der Waals surface area contributed by atoms with E-state index in [4.69, 9.17) is 0 Å². The number of likely N-dealkylation sites (N-methyl/N-ethyl adjacent to an activating group) is 1. The van der Waals surface area contributed by atoms with Gasteiger partial charge in [-0.25, -0.2) is 4.79 Å². The van der Waals surface area contributed by atoms with Gasteiger partial charge in [-0.2, -0.15) is 0 Å². The minimum absolute atomic E-state index is 0.104. The van der Waals surface area contributed by atoms with Crippen molar-refractivity contribution >= 4 is 17.1 Å². The fraction of sp³-hybridized carbons (Fsp3) is 0.278. The molecule has 3 aromatic rings. The second-order valence-corrected chi connectivity index (χ2v) is 6.30. The summed E-state index contributed by atoms with van der Waals surface area (Å²) in [7, 11) is 1.80. The molecule has 1 amide bonds. The third-order valence-corrected chi connectivity index (χ3v) is 4.82. The van der Waals surface area contributed by atoms with E-state index in [1.807, 2.05) is 18.2 Å². The molecular weight excluding hydrogens is 318 g/mol. The van der Waals surface area contributed by atoms with E-state index < -0.39 is 0 Å². The van der Waals surface area contributed by atoms with Gasteiger partial charge >= 0.3 is 5.69 Å². The Kier molecular flexibility index (Phi) is 3.76. The number of pyridine rings is 1. The molecule has 128 valence electrons. The molecule has 1 N–H and O–H groups in total. The molecule has 0 aliphatic carbocycles. The lowest BCUT2D eigenvalue weighted by atomic mass is 10.2. The number of carbonyl (C=O) groups is 1. The summed E-state index contributed by atoms with van der Waals surface area (Å²) in [5.41, 5.74) is 1.84. The van der Waals surface area contributed by atoms with Crippen LogP contribution in [0.25, 0.3) is 5.52 Å². The maximum atomic E-state index is 12.8. The third-order valence-electron chi connectivity index (χ3n) is 4.82. The van der Waals surface area contributed by atoms with E-state index in [9.17, 15) is 9.59 Å². The van der Waals surface area contributed by atoms with E-state index in [1.54, 1.807) is 42.7 Å². The molecule has 0 saturated carbocycles. The number of carbonyl (C=O) groups excluding carboxylic acids is 1. The van der Waals surface area contributed by atoms with E-state index in [2.05, 4.69) is 14.9 Å². The predicted molar refractivity (Wildman–Crippen MR) is 95.0 cm³/mol. The number of hydrogen-bond donors (Lipinski definition) is 1. The molecule has 1 aliphatic rings. The lowest BCUT2D eigenvalue weighted by Gasteiger charge is -2.25. The number of hydrogen-bond acceptors (Lipinski definition) is 4. The van der Waals surface area contributed by atoms with Crippen molar-refractivity contribution in [1.82, 2.24) is 19.3 Å². The summed E-state index contributed by atoms with van der Waals surface area (Å²) in [6.07, 6.45) is 6.11. The van der Waals surface area contributed by atoms with E-state index in [1.165, 1.54) is 4.40 Å². The van der Waals surface area contributed by atoms with Crippen LogP contribution < -0.4 is 10.6 Å². The highest BCUT2D eigenvalue weighted by Crippen LogP contribution is 2.22. The third kappa shape index (κ3) is 2.77. The molecular formula is C18H19N5O2. The van der Waals surface area contributed by atoms with Gasteiger partial charge in [0.15, 0.2) is 0 Å². The van der Waals surface area contributed by atoms with Crippen LogP contribution in [0.2, 0.25) is 0 Å². The Morgan fingerprint density at radius 3 is 2.92 bits per heavy atom. The van der Waals surface area contributed by atoms with Crippen LogP contribution in [0.1, 0.15) is 16.9 Å². The number of H-pyrrole nitrogens is 1. The van der Waals surface area contributed by atoms with Crippen LogP contribution >= 0.6 is 0 Å². The van der Waals surface area contributed by atoms with Gasteiger partial charge in [-0.15, -0.1) is 0 Å². The summed E-state index contributed by atoms with van der Waals surface area (Å²) in [6.45, 7) is 1.66. The number of aromatic nitrogens is 3. The van der Waals surface area contributed by atoms with Crippen molar-refractivity contribution in [1.29, 1.82) is 0 Å². The average Bonchev–Trinajstić information content (AvgIpc) is 3.30. The number of rotatable bonds is 3. The average molecular weight is 337 g/mol. The Balaban J connectivity index is 1.53. The van der Waals surface area contributed by atoms with E-state index in [0.29, 0.717) is 11.2 Å². The highest BCUT2D eigenvalue weighted by molar-refractivity contribution is 5.93. The zero-order valence-electron chi connectivity index (χ0n) is 13.9. The molecule has 0 radical (unpaired) electrons. The summed E-state index contributed by atoms with van der Waals surface area (Å²) in [5, 5.41) is 0. The molecule has 0 aromatic carbocycles. The van der Waals surface area contributed by atoms with Crippen molar-refractivity contribution in [2.45, 2.75) is 12.5 Å². The largest absolute Gasteiger partial charge is 0.369 e. The Hall–Kier alpha value is -3.09. The summed E-state index contributed by atoms with van der Waals surface area (Å²) in [4.78, 5) is 35.6. The molecule has 7 nitrogen and oxygen atoms in total. The van der Waals surface area contributed by atoms with Crippen LogP contribution in [0.4, 0.5) is 5.69 Å². The Labute approximate surface area is 144 Å². The first-order chi connectivity index (χ1) is 12.1. The van der Waals surface area contributed by atoms with Gasteiger partial charge in [0.05, 0.1) is 11.6 Å². The van der Waals surface area contributed by atoms with Crippen molar-refractivity contribution in [2.24, 2.45) is 0 Å². The molecule has 1 saturated heterocycles. The standard InChI is InChI=1S/C18H19N5O2/c1-21(15-6-10-22(12-15)13-4-7-19-8-5-13)17(24)16-11-14-3-2-9-23(14)18(25)20-16/h2-5,7-9,11,15H,6,10,12H2,1H3,(H,20,25). The molecule has 4 heterocycles. The monoisotopic (exact) mass is 337 g/mol. The van der Waals surface area contributed by atoms with Crippen molar-refractivity contribution in [3.63, 3.8) is 0 Å². The molecule has 25 heavy (non-hydrogen) atoms. The lowest BCUT2D eigenvalue weighted by molar-refractivity contribution is 0.0738. The highest BCUT2D eigenvalue weighted by atomic mass is 16.2. The molecule has 1 atom stereocenters. The van der Waals surface area contributed by atoms with E-state index >= 15 is 0 Å². The maximum absolute atomic E-state index is 12.8. The molecule has 1 fully saturated rings. The molecule has 4 rings (SSSR count). The number of amides is 1. The SMILES string of the molecule is CN(C(=O)c1cc2cccn2c(=O)[nH]1)C1CCN(c2ccncc2)C1. The second-order valence-electron chi connectivity index (χ2n) is 6.30. The molecule has 0 spiro atoms. The predicted octanol–water partition coefficient (Wildman–Crippen LogP) is 1.37. The van der Waals surface area contributed by atoms with Crippen molar-refractivity contribution < 1.29 is 4.79 Å². The van der Waals surface area contributed by atoms with Gasteiger partial charge in [-0.1, -0.05) is 0 Å². The Bertz CT molecular complexity index is 962. The van der Waals surface area contributed by atoms with Crippen LogP contribution in [0.3, 0.4) is 0 Å². The fourth-order valence-corrected chi connectivity index (χ4v) is 3.37. The van der Waals surface area contributed by atoms with Crippen LogP contribution in [-0.2, 0) is 0 Å². The second kappa shape index (κ2) is 6.08. The van der Waals surface area contributed by atoms with Crippen LogP contribution in [0, 0.1) is 0 Å². The topological polar surface area (TPSA) is 73.7 Å². The van der Waals surface area contributed by atoms with Crippen molar-refractivity contribution in [3.05, 3.63) is 65.1 Å². The van der Waals surface area contributed by atoms with Gasteiger partial charge in [-0.05, 0) is 36.8 Å². The number of aromatic amines is 1. The number of nitrogens with one attached hydrogen (secondary N) is 1. The van der Waals surface area contributed by atoms with Gasteiger partial charge < -0.3 is 14.8 Å². The van der Waals surface area contributed by atoms with E-state index in [0.717, 1.165) is 25.2 Å². The molecule has 3 aromatic heterocycles. The quantitative estimate of drug-likeness (QED) is 0.783. The minimum atomic E-state index is -0.302. The number of fused-ring (bicyclic) bond motifs is 1. The normalized spacial score (nSPS) is 17.2. The Morgan fingerprint density at radius 2 is 2.12 bits per heavy atom. The Morgan fingerprint density at radius 1 is 1.32 bits per heavy atom. The molecule has 1 aliphatic heterocycles. The fourth-order valence-electron chi connectivity index (χ4n) is 3.37. The summed E-state index contributed by atoms with van der Waals surface area (Å²) in [6, 6.07) is 9.37. The maximum Gasteiger partial charge on any atom is 0.330 e. The van der Waals surface area contributed by atoms with Crippen LogP contribution in [-0.4, -0.2) is 51.4 Å². The van der Waals surface area contributed by atoms with Crippen LogP contribution in [0.5, 0.6) is 0 Å². The number of anilines is 1. The van der Waals surface area contributed by atoms with Crippen LogP contribution in [0.15, 0.2) is 53.7 Å². The highest BCUT2D eigenvalue weighted by Gasteiger charge is 2.29. The first-order valence-electron chi connectivity index (χ1n) is 8.26. The number of nitrogens with zero attached hydrogens (tertiary/aromatic N) is 4. The zero-order chi connectivity index (χ0) is 17.4.